The fraction of sp³-hybridized carbons (Fsp3) is 0.250. The lowest BCUT2D eigenvalue weighted by molar-refractivity contribution is 0.251. The normalized spacial score (nSPS) is 11.3. The standard InChI is InChI=1S/C16H16F2N4OS/c17-16(18)24-11-14-3-2-13(23-14)10-19-9-12-4-6-20-15(8-12)22-7-1-5-21-22/h1-8,16,19H,9-11H2. The summed E-state index contributed by atoms with van der Waals surface area (Å²) >= 11 is 0.556. The number of hydrogen-bond acceptors (Lipinski definition) is 5. The second kappa shape index (κ2) is 8.07. The fourth-order valence-electron chi connectivity index (χ4n) is 2.17. The van der Waals surface area contributed by atoms with Gasteiger partial charge in [-0.1, -0.05) is 11.8 Å². The van der Waals surface area contributed by atoms with Crippen LogP contribution in [0.5, 0.6) is 0 Å². The third-order valence-electron chi connectivity index (χ3n) is 3.25. The lowest BCUT2D eigenvalue weighted by atomic mass is 10.2. The largest absolute Gasteiger partial charge is 0.464 e. The van der Waals surface area contributed by atoms with E-state index in [1.807, 2.05) is 24.4 Å². The minimum atomic E-state index is -2.38. The number of nitrogens with one attached hydrogen (secondary N) is 1. The Morgan fingerprint density at radius 2 is 2.04 bits per heavy atom. The maximum absolute atomic E-state index is 12.1. The second-order valence-electron chi connectivity index (χ2n) is 5.02. The molecule has 0 radical (unpaired) electrons. The number of furan rings is 1. The molecule has 3 aromatic heterocycles. The molecule has 3 rings (SSSR count). The SMILES string of the molecule is FC(F)SCc1ccc(CNCc2ccnc(-n3cccn3)c2)o1. The van der Waals surface area contributed by atoms with E-state index in [1.165, 1.54) is 0 Å². The summed E-state index contributed by atoms with van der Waals surface area (Å²) in [5.41, 5.74) is 1.07. The third kappa shape index (κ3) is 4.65. The Morgan fingerprint density at radius 1 is 1.17 bits per heavy atom. The van der Waals surface area contributed by atoms with E-state index in [0.717, 1.165) is 17.1 Å². The molecule has 0 bridgehead atoms. The maximum Gasteiger partial charge on any atom is 0.284 e. The van der Waals surface area contributed by atoms with Crippen molar-refractivity contribution in [3.8, 4) is 5.82 Å². The van der Waals surface area contributed by atoms with Crippen molar-refractivity contribution >= 4 is 11.8 Å². The number of nitrogens with zero attached hydrogens (tertiary/aromatic N) is 3. The van der Waals surface area contributed by atoms with Crippen molar-refractivity contribution < 1.29 is 13.2 Å². The van der Waals surface area contributed by atoms with Gasteiger partial charge in [-0.05, 0) is 35.9 Å². The number of pyridine rings is 1. The van der Waals surface area contributed by atoms with Crippen LogP contribution in [-0.2, 0) is 18.8 Å². The van der Waals surface area contributed by atoms with Crippen LogP contribution in [0.25, 0.3) is 5.82 Å². The molecule has 0 fully saturated rings. The predicted molar refractivity (Wildman–Crippen MR) is 87.9 cm³/mol. The van der Waals surface area contributed by atoms with E-state index in [-0.39, 0.29) is 5.75 Å². The molecule has 126 valence electrons. The zero-order valence-electron chi connectivity index (χ0n) is 12.7. The average molecular weight is 350 g/mol. The third-order valence-corrected chi connectivity index (χ3v) is 3.95. The Kier molecular flexibility index (Phi) is 5.60. The highest BCUT2D eigenvalue weighted by molar-refractivity contribution is 7.98. The quantitative estimate of drug-likeness (QED) is 0.673. The van der Waals surface area contributed by atoms with Gasteiger partial charge in [0.15, 0.2) is 5.82 Å². The van der Waals surface area contributed by atoms with E-state index in [0.29, 0.717) is 30.6 Å². The highest BCUT2D eigenvalue weighted by Gasteiger charge is 2.07. The summed E-state index contributed by atoms with van der Waals surface area (Å²) in [5.74, 6) is -0.172. The maximum atomic E-state index is 12.1. The smallest absolute Gasteiger partial charge is 0.284 e. The van der Waals surface area contributed by atoms with Gasteiger partial charge in [0, 0.05) is 25.1 Å². The first-order valence-electron chi connectivity index (χ1n) is 7.34. The molecule has 0 aromatic carbocycles. The molecule has 0 saturated carbocycles. The van der Waals surface area contributed by atoms with Crippen molar-refractivity contribution in [3.63, 3.8) is 0 Å². The van der Waals surface area contributed by atoms with Crippen LogP contribution in [0.1, 0.15) is 17.1 Å². The fourth-order valence-corrected chi connectivity index (χ4v) is 2.62. The molecule has 5 nitrogen and oxygen atoms in total. The molecule has 3 heterocycles. The summed E-state index contributed by atoms with van der Waals surface area (Å²) < 4.78 is 31.5. The van der Waals surface area contributed by atoms with E-state index in [9.17, 15) is 8.78 Å². The first-order valence-corrected chi connectivity index (χ1v) is 8.38. The minimum Gasteiger partial charge on any atom is -0.464 e. The van der Waals surface area contributed by atoms with Gasteiger partial charge in [0.25, 0.3) is 5.76 Å². The molecular formula is C16H16F2N4OS. The molecule has 0 atom stereocenters. The zero-order valence-corrected chi connectivity index (χ0v) is 13.5. The molecule has 24 heavy (non-hydrogen) atoms. The van der Waals surface area contributed by atoms with Crippen molar-refractivity contribution in [2.24, 2.45) is 0 Å². The van der Waals surface area contributed by atoms with Crippen LogP contribution in [0.4, 0.5) is 8.78 Å². The molecule has 0 unspecified atom stereocenters. The van der Waals surface area contributed by atoms with Crippen LogP contribution < -0.4 is 5.32 Å². The van der Waals surface area contributed by atoms with Crippen LogP contribution in [0, 0.1) is 0 Å². The molecule has 0 aliphatic carbocycles. The Bertz CT molecular complexity index is 761. The van der Waals surface area contributed by atoms with Crippen molar-refractivity contribution in [2.75, 3.05) is 0 Å². The van der Waals surface area contributed by atoms with Gasteiger partial charge >= 0.3 is 0 Å². The zero-order chi connectivity index (χ0) is 16.8. The average Bonchev–Trinajstić information content (AvgIpc) is 3.25. The van der Waals surface area contributed by atoms with Gasteiger partial charge in [-0.2, -0.15) is 13.9 Å². The summed E-state index contributed by atoms with van der Waals surface area (Å²) in [5, 5.41) is 7.41. The van der Waals surface area contributed by atoms with Crippen molar-refractivity contribution in [2.45, 2.75) is 24.6 Å². The van der Waals surface area contributed by atoms with E-state index in [2.05, 4.69) is 15.4 Å². The Labute approximate surface area is 142 Å². The highest BCUT2D eigenvalue weighted by Crippen LogP contribution is 2.21. The van der Waals surface area contributed by atoms with Gasteiger partial charge in [0.1, 0.15) is 11.5 Å². The van der Waals surface area contributed by atoms with Crippen LogP contribution in [0.3, 0.4) is 0 Å². The first kappa shape index (κ1) is 16.7. The lowest BCUT2D eigenvalue weighted by Gasteiger charge is -2.06. The molecule has 0 aliphatic rings. The van der Waals surface area contributed by atoms with Gasteiger partial charge < -0.3 is 9.73 Å². The van der Waals surface area contributed by atoms with E-state index in [1.54, 1.807) is 29.2 Å². The Balaban J connectivity index is 1.51. The number of rotatable bonds is 8. The second-order valence-corrected chi connectivity index (χ2v) is 5.99. The summed E-state index contributed by atoms with van der Waals surface area (Å²) in [6, 6.07) is 9.25. The van der Waals surface area contributed by atoms with Crippen LogP contribution >= 0.6 is 11.8 Å². The number of aromatic nitrogens is 3. The van der Waals surface area contributed by atoms with Crippen LogP contribution in [0.15, 0.2) is 53.3 Å². The van der Waals surface area contributed by atoms with Gasteiger partial charge in [0.05, 0.1) is 12.3 Å². The molecular weight excluding hydrogens is 334 g/mol. The number of thioether (sulfide) groups is 1. The van der Waals surface area contributed by atoms with E-state index < -0.39 is 5.76 Å². The lowest BCUT2D eigenvalue weighted by Crippen LogP contribution is -2.12. The molecule has 8 heteroatoms. The minimum absolute atomic E-state index is 0.176. The van der Waals surface area contributed by atoms with Crippen LogP contribution in [0.2, 0.25) is 0 Å². The summed E-state index contributed by atoms with van der Waals surface area (Å²) in [7, 11) is 0. The summed E-state index contributed by atoms with van der Waals surface area (Å²) in [4.78, 5) is 4.28. The molecule has 0 aliphatic heterocycles. The monoisotopic (exact) mass is 350 g/mol. The van der Waals surface area contributed by atoms with Gasteiger partial charge in [-0.25, -0.2) is 9.67 Å². The molecule has 0 saturated heterocycles. The molecule has 1 N–H and O–H groups in total. The Morgan fingerprint density at radius 3 is 2.83 bits per heavy atom. The van der Waals surface area contributed by atoms with Gasteiger partial charge in [-0.15, -0.1) is 0 Å². The van der Waals surface area contributed by atoms with E-state index >= 15 is 0 Å². The number of alkyl halides is 2. The first-order chi connectivity index (χ1) is 11.7. The van der Waals surface area contributed by atoms with Crippen molar-refractivity contribution in [3.05, 3.63) is 66.0 Å². The highest BCUT2D eigenvalue weighted by atomic mass is 32.2. The van der Waals surface area contributed by atoms with Gasteiger partial charge in [-0.3, -0.25) is 0 Å². The van der Waals surface area contributed by atoms with Crippen molar-refractivity contribution in [1.82, 2.24) is 20.1 Å². The predicted octanol–water partition coefficient (Wildman–Crippen LogP) is 3.61. The molecule has 0 amide bonds. The summed E-state index contributed by atoms with van der Waals surface area (Å²) in [6.07, 6.45) is 5.27. The van der Waals surface area contributed by atoms with E-state index in [4.69, 9.17) is 4.42 Å². The molecule has 3 aromatic rings. The van der Waals surface area contributed by atoms with Crippen molar-refractivity contribution in [1.29, 1.82) is 0 Å². The van der Waals surface area contributed by atoms with Gasteiger partial charge in [0.2, 0.25) is 0 Å². The van der Waals surface area contributed by atoms with Crippen LogP contribution in [-0.4, -0.2) is 20.5 Å². The molecule has 0 spiro atoms. The summed E-state index contributed by atoms with van der Waals surface area (Å²) in [6.45, 7) is 1.16. The topological polar surface area (TPSA) is 55.9 Å². The number of halogens is 2. The Hall–Kier alpha value is -2.19. The number of hydrogen-bond donors (Lipinski definition) is 1.